The third-order valence-electron chi connectivity index (χ3n) is 2.62. The van der Waals surface area contributed by atoms with Crippen LogP contribution in [0.25, 0.3) is 0 Å². The second-order valence-corrected chi connectivity index (χ2v) is 5.85. The molecule has 0 aromatic carbocycles. The average Bonchev–Trinajstić information content (AvgIpc) is 2.27. The molecule has 1 unspecified atom stereocenters. The normalized spacial score (nSPS) is 13.1. The van der Waals surface area contributed by atoms with Crippen molar-refractivity contribution < 1.29 is 0 Å². The summed E-state index contributed by atoms with van der Waals surface area (Å²) in [7, 11) is 1.83. The first-order chi connectivity index (χ1) is 8.10. The predicted octanol–water partition coefficient (Wildman–Crippen LogP) is 3.35. The van der Waals surface area contributed by atoms with Crippen LogP contribution in [0, 0.1) is 5.92 Å². The van der Waals surface area contributed by atoms with Gasteiger partial charge < -0.3 is 10.6 Å². The largest absolute Gasteiger partial charge is 0.356 e. The molecule has 0 aliphatic heterocycles. The van der Waals surface area contributed by atoms with Crippen molar-refractivity contribution in [3.63, 3.8) is 0 Å². The Hall–Kier alpha value is 0.350. The fourth-order valence-corrected chi connectivity index (χ4v) is 1.91. The van der Waals surface area contributed by atoms with Crippen molar-refractivity contribution in [2.75, 3.05) is 25.6 Å². The molecule has 0 spiro atoms. The van der Waals surface area contributed by atoms with E-state index in [-0.39, 0.29) is 24.0 Å². The van der Waals surface area contributed by atoms with E-state index in [1.165, 1.54) is 19.3 Å². The van der Waals surface area contributed by atoms with Crippen LogP contribution in [0.1, 0.15) is 40.0 Å². The molecule has 2 N–H and O–H groups in total. The second-order valence-electron chi connectivity index (χ2n) is 4.86. The Morgan fingerprint density at radius 2 is 1.89 bits per heavy atom. The van der Waals surface area contributed by atoms with Gasteiger partial charge in [0.25, 0.3) is 0 Å². The van der Waals surface area contributed by atoms with E-state index in [0.29, 0.717) is 6.04 Å². The first-order valence-electron chi connectivity index (χ1n) is 6.56. The minimum Gasteiger partial charge on any atom is -0.356 e. The van der Waals surface area contributed by atoms with Gasteiger partial charge in [0, 0.05) is 25.4 Å². The maximum Gasteiger partial charge on any atom is 0.191 e. The number of halogens is 1. The Labute approximate surface area is 134 Å². The van der Waals surface area contributed by atoms with Crippen LogP contribution in [0.4, 0.5) is 0 Å². The molecule has 3 nitrogen and oxygen atoms in total. The molecule has 0 saturated heterocycles. The molecule has 0 aromatic rings. The molecular weight excluding hydrogens is 357 g/mol. The zero-order valence-electron chi connectivity index (χ0n) is 12.5. The third kappa shape index (κ3) is 12.8. The second kappa shape index (κ2) is 13.8. The van der Waals surface area contributed by atoms with Gasteiger partial charge in [-0.2, -0.15) is 11.8 Å². The van der Waals surface area contributed by atoms with Crippen molar-refractivity contribution in [2.24, 2.45) is 10.9 Å². The number of hydrogen-bond donors (Lipinski definition) is 2. The van der Waals surface area contributed by atoms with Crippen LogP contribution in [0.2, 0.25) is 0 Å². The van der Waals surface area contributed by atoms with Gasteiger partial charge in [-0.15, -0.1) is 24.0 Å². The van der Waals surface area contributed by atoms with Crippen LogP contribution in [-0.2, 0) is 0 Å². The molecule has 1 atom stereocenters. The van der Waals surface area contributed by atoms with Crippen LogP contribution in [-0.4, -0.2) is 37.6 Å². The van der Waals surface area contributed by atoms with E-state index >= 15 is 0 Å². The first kappa shape index (κ1) is 20.7. The lowest BCUT2D eigenvalue weighted by Crippen LogP contribution is -2.42. The maximum atomic E-state index is 4.23. The summed E-state index contributed by atoms with van der Waals surface area (Å²) >= 11 is 1.84. The van der Waals surface area contributed by atoms with E-state index in [4.69, 9.17) is 0 Å². The predicted molar refractivity (Wildman–Crippen MR) is 96.4 cm³/mol. The zero-order chi connectivity index (χ0) is 13.1. The highest BCUT2D eigenvalue weighted by Crippen LogP contribution is 2.07. The van der Waals surface area contributed by atoms with E-state index in [1.54, 1.807) is 0 Å². The van der Waals surface area contributed by atoms with Crippen LogP contribution < -0.4 is 10.6 Å². The molecule has 0 aromatic heterocycles. The molecule has 0 radical (unpaired) electrons. The van der Waals surface area contributed by atoms with Crippen LogP contribution in [0.15, 0.2) is 4.99 Å². The van der Waals surface area contributed by atoms with E-state index in [9.17, 15) is 0 Å². The van der Waals surface area contributed by atoms with Gasteiger partial charge in [-0.05, 0) is 25.5 Å². The standard InChI is InChI=1S/C13H29N3S.HI/c1-11(2)7-6-8-12(3)16-13(14-4)15-9-10-17-5;/h11-12H,6-10H2,1-5H3,(H2,14,15,16);1H. The molecule has 0 amide bonds. The molecule has 0 aliphatic rings. The molecule has 0 heterocycles. The minimum absolute atomic E-state index is 0. The van der Waals surface area contributed by atoms with Crippen molar-refractivity contribution in [2.45, 2.75) is 46.1 Å². The van der Waals surface area contributed by atoms with Crippen LogP contribution >= 0.6 is 35.7 Å². The number of nitrogens with one attached hydrogen (secondary N) is 2. The molecule has 18 heavy (non-hydrogen) atoms. The van der Waals surface area contributed by atoms with Crippen molar-refractivity contribution in [3.8, 4) is 0 Å². The fraction of sp³-hybridized carbons (Fsp3) is 0.923. The van der Waals surface area contributed by atoms with Gasteiger partial charge in [0.1, 0.15) is 0 Å². The summed E-state index contributed by atoms with van der Waals surface area (Å²) in [5.74, 6) is 2.85. The quantitative estimate of drug-likeness (QED) is 0.290. The summed E-state index contributed by atoms with van der Waals surface area (Å²) in [5, 5.41) is 6.75. The Morgan fingerprint density at radius 3 is 2.39 bits per heavy atom. The number of aliphatic imine (C=N–C) groups is 1. The van der Waals surface area contributed by atoms with Gasteiger partial charge in [0.05, 0.1) is 0 Å². The minimum atomic E-state index is 0. The lowest BCUT2D eigenvalue weighted by Gasteiger charge is -2.18. The molecule has 0 aliphatic carbocycles. The van der Waals surface area contributed by atoms with Crippen LogP contribution in [0.3, 0.4) is 0 Å². The lowest BCUT2D eigenvalue weighted by molar-refractivity contribution is 0.492. The number of rotatable bonds is 8. The summed E-state index contributed by atoms with van der Waals surface area (Å²) in [6.45, 7) is 7.75. The van der Waals surface area contributed by atoms with Crippen molar-refractivity contribution >= 4 is 41.7 Å². The first-order valence-corrected chi connectivity index (χ1v) is 7.95. The highest BCUT2D eigenvalue weighted by molar-refractivity contribution is 14.0. The van der Waals surface area contributed by atoms with Gasteiger partial charge in [-0.25, -0.2) is 0 Å². The molecule has 5 heteroatoms. The summed E-state index contributed by atoms with van der Waals surface area (Å²) in [6, 6.07) is 0.495. The molecule has 0 fully saturated rings. The van der Waals surface area contributed by atoms with Gasteiger partial charge in [0.15, 0.2) is 5.96 Å². The molecule has 0 saturated carbocycles. The third-order valence-corrected chi connectivity index (χ3v) is 3.24. The lowest BCUT2D eigenvalue weighted by atomic mass is 10.0. The Morgan fingerprint density at radius 1 is 1.22 bits per heavy atom. The van der Waals surface area contributed by atoms with Crippen molar-refractivity contribution in [1.82, 2.24) is 10.6 Å². The summed E-state index contributed by atoms with van der Waals surface area (Å²) < 4.78 is 0. The van der Waals surface area contributed by atoms with Gasteiger partial charge in [-0.1, -0.05) is 26.7 Å². The summed E-state index contributed by atoms with van der Waals surface area (Å²) in [5.41, 5.74) is 0. The van der Waals surface area contributed by atoms with Crippen molar-refractivity contribution in [1.29, 1.82) is 0 Å². The number of nitrogens with zero attached hydrogens (tertiary/aromatic N) is 1. The van der Waals surface area contributed by atoms with Gasteiger partial charge >= 0.3 is 0 Å². The Kier molecular flexibility index (Phi) is 15.8. The Bertz CT molecular complexity index is 210. The van der Waals surface area contributed by atoms with E-state index in [2.05, 4.69) is 42.7 Å². The highest BCUT2D eigenvalue weighted by atomic mass is 127. The van der Waals surface area contributed by atoms with E-state index in [1.807, 2.05) is 18.8 Å². The van der Waals surface area contributed by atoms with Gasteiger partial charge in [-0.3, -0.25) is 4.99 Å². The molecule has 0 bridgehead atoms. The SMILES string of the molecule is CN=C(NCCSC)NC(C)CCCC(C)C.I. The fourth-order valence-electron chi connectivity index (χ4n) is 1.60. The monoisotopic (exact) mass is 387 g/mol. The maximum absolute atomic E-state index is 4.23. The average molecular weight is 387 g/mol. The smallest absolute Gasteiger partial charge is 0.191 e. The number of hydrogen-bond acceptors (Lipinski definition) is 2. The topological polar surface area (TPSA) is 36.4 Å². The number of thioether (sulfide) groups is 1. The number of guanidine groups is 1. The van der Waals surface area contributed by atoms with E-state index < -0.39 is 0 Å². The van der Waals surface area contributed by atoms with Gasteiger partial charge in [0.2, 0.25) is 0 Å². The highest BCUT2D eigenvalue weighted by Gasteiger charge is 2.05. The summed E-state index contributed by atoms with van der Waals surface area (Å²) in [4.78, 5) is 4.23. The summed E-state index contributed by atoms with van der Waals surface area (Å²) in [6.07, 6.45) is 5.92. The van der Waals surface area contributed by atoms with E-state index in [0.717, 1.165) is 24.2 Å². The Balaban J connectivity index is 0. The molecule has 0 rings (SSSR count). The van der Waals surface area contributed by atoms with Crippen LogP contribution in [0.5, 0.6) is 0 Å². The molecular formula is C13H30IN3S. The zero-order valence-corrected chi connectivity index (χ0v) is 15.6. The molecule has 110 valence electrons. The van der Waals surface area contributed by atoms with Crippen molar-refractivity contribution in [3.05, 3.63) is 0 Å².